The van der Waals surface area contributed by atoms with Crippen molar-refractivity contribution in [2.24, 2.45) is 12.0 Å². The molecule has 6 nitrogen and oxygen atoms in total. The van der Waals surface area contributed by atoms with Gasteiger partial charge in [0, 0.05) is 25.3 Å². The molecule has 152 valence electrons. The van der Waals surface area contributed by atoms with Crippen molar-refractivity contribution < 1.29 is 5.11 Å². The first-order chi connectivity index (χ1) is 13.3. The maximum Gasteiger partial charge on any atom is 0.191 e. The van der Waals surface area contributed by atoms with Gasteiger partial charge in [-0.15, -0.1) is 0 Å². The minimum atomic E-state index is -0.876. The summed E-state index contributed by atoms with van der Waals surface area (Å²) in [5, 5.41) is 22.4. The van der Waals surface area contributed by atoms with E-state index in [0.717, 1.165) is 43.0 Å². The SMILES string of the molecule is CCNC(=NCC1(O)CCc2ccccc21)NC(C)Cc1c(C)nn(C)c1C. The number of benzene rings is 1. The average molecular weight is 384 g/mol. The Labute approximate surface area is 168 Å². The molecule has 0 aliphatic heterocycles. The normalized spacial score (nSPS) is 20.1. The zero-order valence-corrected chi connectivity index (χ0v) is 17.7. The van der Waals surface area contributed by atoms with Gasteiger partial charge >= 0.3 is 0 Å². The Morgan fingerprint density at radius 3 is 2.79 bits per heavy atom. The molecule has 3 rings (SSSR count). The molecule has 1 aliphatic rings. The number of rotatable bonds is 6. The van der Waals surface area contributed by atoms with E-state index in [2.05, 4.69) is 49.5 Å². The van der Waals surface area contributed by atoms with Crippen molar-refractivity contribution in [3.8, 4) is 0 Å². The van der Waals surface area contributed by atoms with Crippen molar-refractivity contribution in [2.45, 2.75) is 58.6 Å². The molecule has 28 heavy (non-hydrogen) atoms. The molecule has 0 radical (unpaired) electrons. The van der Waals surface area contributed by atoms with E-state index in [0.29, 0.717) is 6.54 Å². The summed E-state index contributed by atoms with van der Waals surface area (Å²) >= 11 is 0. The molecule has 1 aromatic carbocycles. The van der Waals surface area contributed by atoms with E-state index >= 15 is 0 Å². The van der Waals surface area contributed by atoms with Gasteiger partial charge < -0.3 is 15.7 Å². The van der Waals surface area contributed by atoms with Crippen LogP contribution in [0.5, 0.6) is 0 Å². The van der Waals surface area contributed by atoms with Gasteiger partial charge in [-0.05, 0) is 63.6 Å². The zero-order chi connectivity index (χ0) is 20.3. The lowest BCUT2D eigenvalue weighted by atomic mass is 9.96. The number of guanidine groups is 1. The second-order valence-corrected chi connectivity index (χ2v) is 7.91. The average Bonchev–Trinajstić information content (AvgIpc) is 3.12. The van der Waals surface area contributed by atoms with E-state index in [1.165, 1.54) is 16.8 Å². The summed E-state index contributed by atoms with van der Waals surface area (Å²) in [6, 6.07) is 8.34. The van der Waals surface area contributed by atoms with Crippen molar-refractivity contribution in [1.82, 2.24) is 20.4 Å². The maximum absolute atomic E-state index is 11.1. The molecule has 1 aliphatic carbocycles. The standard InChI is InChI=1S/C22H33N5O/c1-6-23-21(25-15(2)13-19-16(3)26-27(5)17(19)4)24-14-22(28)12-11-18-9-7-8-10-20(18)22/h7-10,15,28H,6,11-14H2,1-5H3,(H2,23,24,25). The van der Waals surface area contributed by atoms with Crippen molar-refractivity contribution >= 4 is 5.96 Å². The van der Waals surface area contributed by atoms with E-state index in [9.17, 15) is 5.11 Å². The van der Waals surface area contributed by atoms with Gasteiger partial charge in [0.1, 0.15) is 5.60 Å². The highest BCUT2D eigenvalue weighted by molar-refractivity contribution is 5.80. The summed E-state index contributed by atoms with van der Waals surface area (Å²) in [6.07, 6.45) is 2.50. The zero-order valence-electron chi connectivity index (χ0n) is 17.7. The van der Waals surface area contributed by atoms with Crippen LogP contribution in [0, 0.1) is 13.8 Å². The Balaban J connectivity index is 1.69. The van der Waals surface area contributed by atoms with Gasteiger partial charge in [0.05, 0.1) is 12.2 Å². The fraction of sp³-hybridized carbons (Fsp3) is 0.545. The number of aromatic nitrogens is 2. The molecule has 0 amide bonds. The van der Waals surface area contributed by atoms with Crippen LogP contribution in [0.1, 0.15) is 48.3 Å². The van der Waals surface area contributed by atoms with Crippen molar-refractivity contribution in [3.63, 3.8) is 0 Å². The summed E-state index contributed by atoms with van der Waals surface area (Å²) in [5.41, 5.74) is 4.93. The van der Waals surface area contributed by atoms with Crippen molar-refractivity contribution in [3.05, 3.63) is 52.3 Å². The fourth-order valence-corrected chi connectivity index (χ4v) is 4.07. The van der Waals surface area contributed by atoms with Crippen LogP contribution in [-0.2, 0) is 25.5 Å². The first-order valence-electron chi connectivity index (χ1n) is 10.2. The number of hydrogen-bond acceptors (Lipinski definition) is 3. The molecular formula is C22H33N5O. The predicted octanol–water partition coefficient (Wildman–Crippen LogP) is 2.36. The number of aliphatic imine (C=N–C) groups is 1. The molecule has 2 aromatic rings. The van der Waals surface area contributed by atoms with Crippen LogP contribution in [0.2, 0.25) is 0 Å². The third-order valence-corrected chi connectivity index (χ3v) is 5.72. The predicted molar refractivity (Wildman–Crippen MR) is 114 cm³/mol. The summed E-state index contributed by atoms with van der Waals surface area (Å²) in [5.74, 6) is 0.743. The minimum absolute atomic E-state index is 0.199. The van der Waals surface area contributed by atoms with Crippen molar-refractivity contribution in [1.29, 1.82) is 0 Å². The Morgan fingerprint density at radius 1 is 1.36 bits per heavy atom. The van der Waals surface area contributed by atoms with Gasteiger partial charge in [0.2, 0.25) is 0 Å². The number of fused-ring (bicyclic) bond motifs is 1. The Morgan fingerprint density at radius 2 is 2.11 bits per heavy atom. The van der Waals surface area contributed by atoms with E-state index in [1.54, 1.807) is 0 Å². The molecular weight excluding hydrogens is 350 g/mol. The monoisotopic (exact) mass is 383 g/mol. The van der Waals surface area contributed by atoms with E-state index in [4.69, 9.17) is 4.99 Å². The highest BCUT2D eigenvalue weighted by Gasteiger charge is 2.36. The van der Waals surface area contributed by atoms with Crippen molar-refractivity contribution in [2.75, 3.05) is 13.1 Å². The fourth-order valence-electron chi connectivity index (χ4n) is 4.07. The number of aryl methyl sites for hydroxylation is 3. The first-order valence-corrected chi connectivity index (χ1v) is 10.2. The Bertz CT molecular complexity index is 857. The van der Waals surface area contributed by atoms with E-state index in [-0.39, 0.29) is 6.04 Å². The summed E-state index contributed by atoms with van der Waals surface area (Å²) < 4.78 is 1.93. The molecule has 6 heteroatoms. The van der Waals surface area contributed by atoms with Gasteiger partial charge in [0.15, 0.2) is 5.96 Å². The Kier molecular flexibility index (Phi) is 6.08. The summed E-state index contributed by atoms with van der Waals surface area (Å²) in [4.78, 5) is 4.72. The van der Waals surface area contributed by atoms with Crippen LogP contribution >= 0.6 is 0 Å². The van der Waals surface area contributed by atoms with Crippen LogP contribution in [0.25, 0.3) is 0 Å². The molecule has 3 N–H and O–H groups in total. The van der Waals surface area contributed by atoms with Gasteiger partial charge in [-0.25, -0.2) is 4.99 Å². The van der Waals surface area contributed by atoms with Gasteiger partial charge in [-0.1, -0.05) is 24.3 Å². The molecule has 0 fully saturated rings. The van der Waals surface area contributed by atoms with Crippen LogP contribution in [0.15, 0.2) is 29.3 Å². The quantitative estimate of drug-likeness (QED) is 0.529. The molecule has 0 spiro atoms. The number of aliphatic hydroxyl groups is 1. The minimum Gasteiger partial charge on any atom is -0.383 e. The summed E-state index contributed by atoms with van der Waals surface area (Å²) in [7, 11) is 1.98. The van der Waals surface area contributed by atoms with Crippen LogP contribution in [0.3, 0.4) is 0 Å². The lowest BCUT2D eigenvalue weighted by Gasteiger charge is -2.24. The first kappa shape index (κ1) is 20.4. The largest absolute Gasteiger partial charge is 0.383 e. The molecule has 2 unspecified atom stereocenters. The highest BCUT2D eigenvalue weighted by Crippen LogP contribution is 2.36. The molecule has 1 heterocycles. The second kappa shape index (κ2) is 8.35. The van der Waals surface area contributed by atoms with Crippen LogP contribution in [-0.4, -0.2) is 40.0 Å². The molecule has 1 aromatic heterocycles. The number of nitrogens with zero attached hydrogens (tertiary/aromatic N) is 3. The van der Waals surface area contributed by atoms with Gasteiger partial charge in [0.25, 0.3) is 0 Å². The molecule has 0 saturated carbocycles. The van der Waals surface area contributed by atoms with Gasteiger partial charge in [-0.3, -0.25) is 4.68 Å². The number of hydrogen-bond donors (Lipinski definition) is 3. The molecule has 0 saturated heterocycles. The van der Waals surface area contributed by atoms with Crippen LogP contribution < -0.4 is 10.6 Å². The summed E-state index contributed by atoms with van der Waals surface area (Å²) in [6.45, 7) is 9.50. The third-order valence-electron chi connectivity index (χ3n) is 5.72. The lowest BCUT2D eigenvalue weighted by Crippen LogP contribution is -2.44. The van der Waals surface area contributed by atoms with E-state index < -0.39 is 5.60 Å². The third kappa shape index (κ3) is 4.22. The lowest BCUT2D eigenvalue weighted by molar-refractivity contribution is 0.0485. The topological polar surface area (TPSA) is 74.5 Å². The van der Waals surface area contributed by atoms with Gasteiger partial charge in [-0.2, -0.15) is 5.10 Å². The van der Waals surface area contributed by atoms with E-state index in [1.807, 2.05) is 29.9 Å². The maximum atomic E-state index is 11.1. The number of nitrogens with one attached hydrogen (secondary N) is 2. The Hall–Kier alpha value is -2.34. The second-order valence-electron chi connectivity index (χ2n) is 7.91. The smallest absolute Gasteiger partial charge is 0.191 e. The highest BCUT2D eigenvalue weighted by atomic mass is 16.3. The molecule has 0 bridgehead atoms. The molecule has 2 atom stereocenters. The van der Waals surface area contributed by atoms with Crippen LogP contribution in [0.4, 0.5) is 0 Å².